The van der Waals surface area contributed by atoms with Gasteiger partial charge in [-0.25, -0.2) is 8.42 Å². The minimum atomic E-state index is -4.28. The van der Waals surface area contributed by atoms with Crippen molar-refractivity contribution in [1.29, 1.82) is 0 Å². The number of quaternary nitrogens is 1. The normalized spacial score (nSPS) is 22.9. The maximum absolute atomic E-state index is 11.4. The lowest BCUT2D eigenvalue weighted by atomic mass is 9.80. The molecule has 2 atom stereocenters. The van der Waals surface area contributed by atoms with E-state index in [1.807, 2.05) is 36.4 Å². The number of hydrogen-bond acceptors (Lipinski definition) is 6. The van der Waals surface area contributed by atoms with Crippen LogP contribution < -0.4 is 9.80 Å². The fraction of sp³-hybridized carbons (Fsp3) is 0.448. The highest BCUT2D eigenvalue weighted by molar-refractivity contribution is 7.85. The van der Waals surface area contributed by atoms with Gasteiger partial charge in [0.1, 0.15) is 11.7 Å². The monoisotopic (exact) mass is 574 g/mol. The van der Waals surface area contributed by atoms with E-state index in [2.05, 4.69) is 62.9 Å². The molecule has 2 aliphatic heterocycles. The summed E-state index contributed by atoms with van der Waals surface area (Å²) in [5.74, 6) is -0.689. The van der Waals surface area contributed by atoms with Crippen LogP contribution in [0.25, 0.3) is 0 Å². The molecule has 8 nitrogen and oxygen atoms in total. The van der Waals surface area contributed by atoms with Gasteiger partial charge in [0.05, 0.1) is 27.8 Å². The summed E-state index contributed by atoms with van der Waals surface area (Å²) >= 11 is 0. The highest BCUT2D eigenvalue weighted by atomic mass is 32.2. The van der Waals surface area contributed by atoms with Crippen LogP contribution in [0.15, 0.2) is 72.5 Å². The number of para-hydroxylation sites is 2. The summed E-state index contributed by atoms with van der Waals surface area (Å²) in [7, 11) is -8.33. The molecular weight excluding hydrogens is 536 g/mol. The second-order valence-corrected chi connectivity index (χ2v) is 14.6. The first-order valence-corrected chi connectivity index (χ1v) is 16.4. The van der Waals surface area contributed by atoms with Gasteiger partial charge in [-0.1, -0.05) is 56.3 Å². The van der Waals surface area contributed by atoms with Crippen molar-refractivity contribution in [2.45, 2.75) is 57.4 Å². The molecule has 4 rings (SSSR count). The van der Waals surface area contributed by atoms with Crippen molar-refractivity contribution in [3.63, 3.8) is 0 Å². The first-order valence-electron chi connectivity index (χ1n) is 13.2. The number of fused-ring (bicyclic) bond motifs is 2. The third kappa shape index (κ3) is 6.30. The highest BCUT2D eigenvalue weighted by Crippen LogP contribution is 2.47. The second-order valence-electron chi connectivity index (χ2n) is 11.5. The molecule has 0 saturated heterocycles. The van der Waals surface area contributed by atoms with E-state index >= 15 is 0 Å². The second kappa shape index (κ2) is 10.8. The number of benzene rings is 2. The Kier molecular flexibility index (Phi) is 8.18. The van der Waals surface area contributed by atoms with E-state index in [0.29, 0.717) is 13.1 Å². The van der Waals surface area contributed by atoms with Crippen LogP contribution in [-0.2, 0) is 31.1 Å². The molecule has 0 saturated carbocycles. The van der Waals surface area contributed by atoms with Crippen LogP contribution in [-0.4, -0.2) is 56.6 Å². The van der Waals surface area contributed by atoms with Crippen LogP contribution in [0.4, 0.5) is 11.4 Å². The van der Waals surface area contributed by atoms with Gasteiger partial charge in [-0.3, -0.25) is 9.45 Å². The number of anilines is 1. The van der Waals surface area contributed by atoms with Gasteiger partial charge in [-0.2, -0.15) is 8.42 Å². The fourth-order valence-electron chi connectivity index (χ4n) is 6.23. The molecule has 0 spiro atoms. The molecule has 0 aliphatic carbocycles. The molecule has 212 valence electrons. The summed E-state index contributed by atoms with van der Waals surface area (Å²) in [5, 5.41) is 0. The van der Waals surface area contributed by atoms with E-state index in [1.165, 1.54) is 5.56 Å². The molecule has 2 heterocycles. The lowest BCUT2D eigenvalue weighted by Gasteiger charge is -2.28. The van der Waals surface area contributed by atoms with Gasteiger partial charge in [0.2, 0.25) is 0 Å². The van der Waals surface area contributed by atoms with Crippen LogP contribution in [0, 0.1) is 0 Å². The lowest BCUT2D eigenvalue weighted by molar-refractivity contribution is -0.850. The van der Waals surface area contributed by atoms with Gasteiger partial charge in [-0.15, -0.1) is 0 Å². The van der Waals surface area contributed by atoms with Gasteiger partial charge >= 0.3 is 0 Å². The largest absolute Gasteiger partial charge is 0.748 e. The summed E-state index contributed by atoms with van der Waals surface area (Å²) in [4.78, 5) is 3.26. The van der Waals surface area contributed by atoms with E-state index in [4.69, 9.17) is 0 Å². The first-order chi connectivity index (χ1) is 18.1. The molecule has 0 amide bonds. The maximum Gasteiger partial charge on any atom is 0.264 e. The predicted octanol–water partition coefficient (Wildman–Crippen LogP) is 3.31. The Morgan fingerprint density at radius 3 is 2.26 bits per heavy atom. The Morgan fingerprint density at radius 2 is 1.59 bits per heavy atom. The Hall–Kier alpha value is -2.50. The number of hydrogen-bond donors (Lipinski definition) is 2. The number of nitrogens with zero attached hydrogens (tertiary/aromatic N) is 1. The number of rotatable bonds is 10. The Morgan fingerprint density at radius 1 is 0.949 bits per heavy atom. The highest BCUT2D eigenvalue weighted by Gasteiger charge is 2.47. The van der Waals surface area contributed by atoms with Crippen molar-refractivity contribution in [3.8, 4) is 0 Å². The van der Waals surface area contributed by atoms with Gasteiger partial charge in [0.15, 0.2) is 0 Å². The third-order valence-corrected chi connectivity index (χ3v) is 9.69. The zero-order valence-electron chi connectivity index (χ0n) is 22.9. The predicted molar refractivity (Wildman–Crippen MR) is 153 cm³/mol. The molecular formula is C29H38N2O6S2. The molecule has 0 radical (unpaired) electrons. The average molecular weight is 575 g/mol. The summed E-state index contributed by atoms with van der Waals surface area (Å²) in [5.41, 5.74) is 4.99. The third-order valence-electron chi connectivity index (χ3n) is 8.10. The zero-order valence-corrected chi connectivity index (χ0v) is 24.6. The van der Waals surface area contributed by atoms with E-state index < -0.39 is 20.2 Å². The van der Waals surface area contributed by atoms with Crippen molar-refractivity contribution in [1.82, 2.24) is 0 Å². The SMILES string of the molecule is CC1(C)C(=CC=CC2[NH+](CCCS(=O)(=O)[O-])c3ccccc3C2(C)C)N(CCCS(=O)(=O)O)c2ccccc21. The van der Waals surface area contributed by atoms with Crippen LogP contribution >= 0.6 is 0 Å². The Bertz CT molecular complexity index is 1490. The summed E-state index contributed by atoms with van der Waals surface area (Å²) in [6, 6.07) is 16.3. The molecule has 2 N–H and O–H groups in total. The van der Waals surface area contributed by atoms with E-state index in [1.54, 1.807) is 0 Å². The van der Waals surface area contributed by atoms with Gasteiger partial charge in [-0.05, 0) is 50.1 Å². The van der Waals surface area contributed by atoms with Gasteiger partial charge < -0.3 is 9.45 Å². The number of nitrogens with one attached hydrogen (secondary N) is 1. The van der Waals surface area contributed by atoms with Crippen LogP contribution in [0.3, 0.4) is 0 Å². The molecule has 0 fully saturated rings. The number of allylic oxidation sites excluding steroid dienone is 3. The van der Waals surface area contributed by atoms with Crippen LogP contribution in [0.5, 0.6) is 0 Å². The quantitative estimate of drug-likeness (QED) is 0.418. The molecule has 2 aromatic rings. The van der Waals surface area contributed by atoms with E-state index in [-0.39, 0.29) is 41.2 Å². The summed E-state index contributed by atoms with van der Waals surface area (Å²) in [6.45, 7) is 9.62. The molecule has 0 bridgehead atoms. The first kappa shape index (κ1) is 29.5. The topological polar surface area (TPSA) is 119 Å². The van der Waals surface area contributed by atoms with Gasteiger partial charge in [0, 0.05) is 41.1 Å². The van der Waals surface area contributed by atoms with Crippen LogP contribution in [0.2, 0.25) is 0 Å². The smallest absolute Gasteiger partial charge is 0.264 e. The van der Waals surface area contributed by atoms with E-state index in [0.717, 1.165) is 27.5 Å². The van der Waals surface area contributed by atoms with Crippen LogP contribution in [0.1, 0.15) is 51.7 Å². The molecule has 39 heavy (non-hydrogen) atoms. The molecule has 10 heteroatoms. The average Bonchev–Trinajstić information content (AvgIpc) is 3.18. The van der Waals surface area contributed by atoms with Crippen molar-refractivity contribution < 1.29 is 30.8 Å². The Labute approximate surface area is 232 Å². The molecule has 2 unspecified atom stereocenters. The molecule has 2 aliphatic rings. The summed E-state index contributed by atoms with van der Waals surface area (Å²) < 4.78 is 65.7. The minimum absolute atomic E-state index is 0.0148. The maximum atomic E-state index is 11.4. The van der Waals surface area contributed by atoms with Crippen molar-refractivity contribution in [2.24, 2.45) is 0 Å². The minimum Gasteiger partial charge on any atom is -0.748 e. The fourth-order valence-corrected chi connectivity index (χ4v) is 7.22. The zero-order chi connectivity index (χ0) is 28.6. The Balaban J connectivity index is 1.66. The van der Waals surface area contributed by atoms with E-state index in [9.17, 15) is 25.9 Å². The standard InChI is InChI=1S/C29H38N2O6S2/c1-28(2)22-12-5-7-14-24(22)30(18-10-20-38(32,33)34)26(28)16-9-17-27-29(3,4)23-13-6-8-15-25(23)31(27)19-11-21-39(35,36)37/h5-9,12-17,26H,10-11,18-21H2,1-4H3,(H,32,33,34)(H,35,36,37). The summed E-state index contributed by atoms with van der Waals surface area (Å²) in [6.07, 6.45) is 6.84. The molecule has 0 aromatic heterocycles. The van der Waals surface area contributed by atoms with Crippen molar-refractivity contribution in [2.75, 3.05) is 29.5 Å². The van der Waals surface area contributed by atoms with Gasteiger partial charge in [0.25, 0.3) is 10.1 Å². The van der Waals surface area contributed by atoms with Crippen molar-refractivity contribution >= 4 is 31.6 Å². The van der Waals surface area contributed by atoms with Crippen molar-refractivity contribution in [3.05, 3.63) is 83.6 Å². The molecule has 2 aromatic carbocycles. The lowest BCUT2D eigenvalue weighted by Crippen LogP contribution is -3.10.